The highest BCUT2D eigenvalue weighted by atomic mass is 32.2. The van der Waals surface area contributed by atoms with Crippen LogP contribution in [0.2, 0.25) is 0 Å². The normalized spacial score (nSPS) is 20.4. The Kier molecular flexibility index (Phi) is 3.12. The number of rotatable bonds is 0. The van der Waals surface area contributed by atoms with Gasteiger partial charge < -0.3 is 4.98 Å². The summed E-state index contributed by atoms with van der Waals surface area (Å²) in [6.07, 6.45) is 4.09. The largest absolute Gasteiger partial charge is 0.366 e. The Labute approximate surface area is 116 Å². The second-order valence-electron chi connectivity index (χ2n) is 2.78. The van der Waals surface area contributed by atoms with Gasteiger partial charge in [-0.25, -0.2) is 0 Å². The minimum Gasteiger partial charge on any atom is -0.366 e. The van der Waals surface area contributed by atoms with E-state index in [-0.39, 0.29) is 0 Å². The van der Waals surface area contributed by atoms with Crippen LogP contribution < -0.4 is 0 Å². The number of nitrogens with one attached hydrogen (secondary N) is 1. The molecule has 0 saturated carbocycles. The van der Waals surface area contributed by atoms with E-state index in [1.54, 1.807) is 23.5 Å². The molecular weight excluding hydrogens is 302 g/mol. The standard InChI is InChI=1S/C8H5NS6/c10-5-6(11)15-8(14-5)7-12-3-1-9-2-4(3)13-7/h1-2,9-11H. The zero-order valence-corrected chi connectivity index (χ0v) is 12.2. The van der Waals surface area contributed by atoms with Crippen molar-refractivity contribution in [2.24, 2.45) is 0 Å². The summed E-state index contributed by atoms with van der Waals surface area (Å²) in [5, 5.41) is 0. The fourth-order valence-electron chi connectivity index (χ4n) is 1.17. The smallest absolute Gasteiger partial charge is 0.0717 e. The first-order valence-corrected chi connectivity index (χ1v) is 8.15. The van der Waals surface area contributed by atoms with E-state index in [9.17, 15) is 0 Å². The van der Waals surface area contributed by atoms with Crippen molar-refractivity contribution in [3.8, 4) is 0 Å². The summed E-state index contributed by atoms with van der Waals surface area (Å²) < 4.78 is 4.66. The van der Waals surface area contributed by atoms with E-state index < -0.39 is 0 Å². The Morgan fingerprint density at radius 3 is 1.80 bits per heavy atom. The second kappa shape index (κ2) is 4.27. The van der Waals surface area contributed by atoms with Gasteiger partial charge in [-0.15, -0.1) is 25.3 Å². The fourth-order valence-corrected chi connectivity index (χ4v) is 7.06. The highest BCUT2D eigenvalue weighted by Gasteiger charge is 2.26. The number of aromatic amines is 1. The van der Waals surface area contributed by atoms with Crippen molar-refractivity contribution in [3.63, 3.8) is 0 Å². The molecule has 78 valence electrons. The van der Waals surface area contributed by atoms with Crippen molar-refractivity contribution in [2.75, 3.05) is 0 Å². The lowest BCUT2D eigenvalue weighted by molar-refractivity contribution is 1.36. The van der Waals surface area contributed by atoms with Gasteiger partial charge in [0.2, 0.25) is 0 Å². The number of thioether (sulfide) groups is 4. The van der Waals surface area contributed by atoms with Crippen LogP contribution in [0.3, 0.4) is 0 Å². The van der Waals surface area contributed by atoms with Gasteiger partial charge in [-0.3, -0.25) is 0 Å². The fraction of sp³-hybridized carbons (Fsp3) is 0. The van der Waals surface area contributed by atoms with Crippen LogP contribution >= 0.6 is 72.3 Å². The van der Waals surface area contributed by atoms with Crippen molar-refractivity contribution >= 4 is 72.3 Å². The quantitative estimate of drug-likeness (QED) is 0.596. The van der Waals surface area contributed by atoms with E-state index in [0.29, 0.717) is 0 Å². The molecule has 0 bridgehead atoms. The molecule has 2 aliphatic rings. The van der Waals surface area contributed by atoms with Crippen molar-refractivity contribution < 1.29 is 0 Å². The molecule has 0 radical (unpaired) electrons. The Hall–Kier alpha value is 0.860. The summed E-state index contributed by atoms with van der Waals surface area (Å²) in [7, 11) is 0. The molecule has 0 spiro atoms. The molecule has 1 aromatic rings. The molecule has 0 atom stereocenters. The van der Waals surface area contributed by atoms with Crippen LogP contribution in [0.25, 0.3) is 0 Å². The number of aromatic nitrogens is 1. The average Bonchev–Trinajstić information content (AvgIpc) is 2.80. The Bertz CT molecular complexity index is 447. The number of thiol groups is 2. The SMILES string of the molecule is SC1=C(S)SC(=C2Sc3c[nH]cc3S2)S1. The van der Waals surface area contributed by atoms with E-state index in [1.165, 1.54) is 18.3 Å². The average molecular weight is 308 g/mol. The lowest BCUT2D eigenvalue weighted by Crippen LogP contribution is -1.66. The third-order valence-corrected chi connectivity index (χ3v) is 8.52. The Morgan fingerprint density at radius 2 is 1.27 bits per heavy atom. The Balaban J connectivity index is 1.88. The molecule has 15 heavy (non-hydrogen) atoms. The van der Waals surface area contributed by atoms with Gasteiger partial charge in [0.15, 0.2) is 0 Å². The van der Waals surface area contributed by atoms with Gasteiger partial charge in [0.05, 0.1) is 16.9 Å². The maximum atomic E-state index is 4.37. The van der Waals surface area contributed by atoms with Crippen molar-refractivity contribution in [2.45, 2.75) is 9.79 Å². The summed E-state index contributed by atoms with van der Waals surface area (Å²) in [6, 6.07) is 0. The zero-order chi connectivity index (χ0) is 10.4. The number of H-pyrrole nitrogens is 1. The van der Waals surface area contributed by atoms with Crippen molar-refractivity contribution in [3.05, 3.63) is 29.3 Å². The van der Waals surface area contributed by atoms with E-state index in [2.05, 4.69) is 30.2 Å². The van der Waals surface area contributed by atoms with Gasteiger partial charge in [-0.05, 0) is 0 Å². The second-order valence-corrected chi connectivity index (χ2v) is 8.94. The van der Waals surface area contributed by atoms with Gasteiger partial charge in [0.1, 0.15) is 0 Å². The van der Waals surface area contributed by atoms with Gasteiger partial charge >= 0.3 is 0 Å². The van der Waals surface area contributed by atoms with Gasteiger partial charge in [-0.1, -0.05) is 47.0 Å². The van der Waals surface area contributed by atoms with E-state index in [4.69, 9.17) is 0 Å². The number of hydrogen-bond acceptors (Lipinski definition) is 6. The minimum absolute atomic E-state index is 1.00. The molecule has 1 N–H and O–H groups in total. The molecule has 3 heterocycles. The van der Waals surface area contributed by atoms with Crippen LogP contribution in [0.4, 0.5) is 0 Å². The van der Waals surface area contributed by atoms with Crippen LogP contribution in [0.15, 0.2) is 39.1 Å². The summed E-state index contributed by atoms with van der Waals surface area (Å²) in [6.45, 7) is 0. The molecular formula is C8H5NS6. The number of hydrogen-bond donors (Lipinski definition) is 3. The Morgan fingerprint density at radius 1 is 0.800 bits per heavy atom. The lowest BCUT2D eigenvalue weighted by Gasteiger charge is -1.99. The third kappa shape index (κ3) is 2.02. The molecule has 1 nitrogen and oxygen atoms in total. The van der Waals surface area contributed by atoms with Crippen LogP contribution in [0.1, 0.15) is 0 Å². The highest BCUT2D eigenvalue weighted by Crippen LogP contribution is 2.61. The van der Waals surface area contributed by atoms with Crippen LogP contribution in [0.5, 0.6) is 0 Å². The van der Waals surface area contributed by atoms with E-state index in [1.807, 2.05) is 35.9 Å². The van der Waals surface area contributed by atoms with Crippen LogP contribution in [-0.2, 0) is 0 Å². The van der Waals surface area contributed by atoms with E-state index >= 15 is 0 Å². The molecule has 0 saturated heterocycles. The summed E-state index contributed by atoms with van der Waals surface area (Å²) in [5.74, 6) is 0. The molecule has 7 heteroatoms. The molecule has 2 aliphatic heterocycles. The van der Waals surface area contributed by atoms with E-state index in [0.717, 1.165) is 8.47 Å². The minimum atomic E-state index is 1.00. The predicted molar refractivity (Wildman–Crippen MR) is 79.7 cm³/mol. The van der Waals surface area contributed by atoms with Gasteiger partial charge in [0.25, 0.3) is 0 Å². The molecule has 0 amide bonds. The predicted octanol–water partition coefficient (Wildman–Crippen LogP) is 4.81. The summed E-state index contributed by atoms with van der Waals surface area (Å²) in [5.41, 5.74) is 0. The maximum absolute atomic E-state index is 4.37. The first-order valence-electron chi connectivity index (χ1n) is 3.98. The molecule has 0 aromatic carbocycles. The lowest BCUT2D eigenvalue weighted by atomic mass is 10.7. The zero-order valence-electron chi connectivity index (χ0n) is 7.18. The topological polar surface area (TPSA) is 15.8 Å². The highest BCUT2D eigenvalue weighted by molar-refractivity contribution is 8.39. The number of fused-ring (bicyclic) bond motifs is 1. The molecule has 3 rings (SSSR count). The van der Waals surface area contributed by atoms with Gasteiger partial charge in [-0.2, -0.15) is 0 Å². The first-order chi connectivity index (χ1) is 7.24. The monoisotopic (exact) mass is 307 g/mol. The molecule has 0 fully saturated rings. The molecule has 0 unspecified atom stereocenters. The third-order valence-electron chi connectivity index (χ3n) is 1.81. The van der Waals surface area contributed by atoms with Crippen molar-refractivity contribution in [1.82, 2.24) is 4.98 Å². The van der Waals surface area contributed by atoms with Crippen LogP contribution in [0, 0.1) is 0 Å². The van der Waals surface area contributed by atoms with Crippen molar-refractivity contribution in [1.29, 1.82) is 0 Å². The van der Waals surface area contributed by atoms with Gasteiger partial charge in [0, 0.05) is 22.2 Å². The molecule has 1 aromatic heterocycles. The summed E-state index contributed by atoms with van der Waals surface area (Å²) in [4.78, 5) is 5.74. The molecule has 0 aliphatic carbocycles. The summed E-state index contributed by atoms with van der Waals surface area (Å²) >= 11 is 15.8. The first kappa shape index (κ1) is 11.0. The van der Waals surface area contributed by atoms with Crippen LogP contribution in [-0.4, -0.2) is 4.98 Å². The maximum Gasteiger partial charge on any atom is 0.0717 e.